The highest BCUT2D eigenvalue weighted by molar-refractivity contribution is 6.29. The summed E-state index contributed by atoms with van der Waals surface area (Å²) in [4.78, 5) is 2.30. The smallest absolute Gasteiger partial charge is 0.138 e. The lowest BCUT2D eigenvalue weighted by molar-refractivity contribution is 0.668. The second-order valence-corrected chi connectivity index (χ2v) is 16.8. The maximum absolute atomic E-state index is 6.80. The van der Waals surface area contributed by atoms with Gasteiger partial charge in [-0.3, -0.25) is 0 Å². The molecule has 14 rings (SSSR count). The Bertz CT molecular complexity index is 4160. The molecule has 0 bridgehead atoms. The normalized spacial score (nSPS) is 12.1. The monoisotopic (exact) mass is 816 g/mol. The first-order chi connectivity index (χ1) is 31.7. The summed E-state index contributed by atoms with van der Waals surface area (Å²) in [6, 6.07) is 78.4. The molecular weight excluding hydrogens is 781 g/mol. The lowest BCUT2D eigenvalue weighted by atomic mass is 9.89. The molecule has 0 saturated carbocycles. The number of benzene rings is 11. The average molecular weight is 817 g/mol. The third kappa shape index (κ3) is 5.05. The topological polar surface area (TPSA) is 34.5 Å². The summed E-state index contributed by atoms with van der Waals surface area (Å²) < 4.78 is 15.6. The molecule has 64 heavy (non-hydrogen) atoms. The van der Waals surface area contributed by atoms with Crippen LogP contribution in [0.1, 0.15) is 0 Å². The first-order valence-corrected chi connectivity index (χ1v) is 21.8. The Morgan fingerprint density at radius 1 is 0.297 bits per heavy atom. The number of nitrogens with zero attached hydrogens (tertiary/aromatic N) is 2. The summed E-state index contributed by atoms with van der Waals surface area (Å²) in [6.45, 7) is 0. The summed E-state index contributed by atoms with van der Waals surface area (Å²) in [6.07, 6.45) is 0. The third-order valence-electron chi connectivity index (χ3n) is 13.3. The van der Waals surface area contributed by atoms with Crippen LogP contribution in [0.15, 0.2) is 227 Å². The number of para-hydroxylation sites is 4. The van der Waals surface area contributed by atoms with E-state index in [1.54, 1.807) is 0 Å². The standard InChI is InChI=1S/C60H36N2O2/c1-2-14-38(15-3-1)61(41-31-33-48-47-20-9-12-24-54(47)63-56(48)35-41)39-27-29-40(30-28-39)62-52-23-11-8-21-49(52)59-53(62)36-57-60(50-22-10-13-25-55(50)64-57)58(59)37-26-32-46-44-18-5-4-16-42(44)43-17-6-7-19-45(43)51(46)34-37/h1-36H. The Morgan fingerprint density at radius 3 is 1.55 bits per heavy atom. The summed E-state index contributed by atoms with van der Waals surface area (Å²) in [5.41, 5.74) is 12.3. The van der Waals surface area contributed by atoms with E-state index in [0.29, 0.717) is 0 Å². The van der Waals surface area contributed by atoms with Crippen molar-refractivity contribution in [2.24, 2.45) is 0 Å². The zero-order valence-corrected chi connectivity index (χ0v) is 34.5. The van der Waals surface area contributed by atoms with Crippen LogP contribution < -0.4 is 4.90 Å². The quantitative estimate of drug-likeness (QED) is 0.162. The molecule has 0 aliphatic heterocycles. The van der Waals surface area contributed by atoms with E-state index in [1.165, 1.54) is 48.7 Å². The van der Waals surface area contributed by atoms with Crippen molar-refractivity contribution in [3.63, 3.8) is 0 Å². The van der Waals surface area contributed by atoms with Crippen molar-refractivity contribution in [1.82, 2.24) is 4.57 Å². The molecule has 0 fully saturated rings. The minimum Gasteiger partial charge on any atom is -0.456 e. The van der Waals surface area contributed by atoms with Gasteiger partial charge in [0.15, 0.2) is 0 Å². The highest BCUT2D eigenvalue weighted by Gasteiger charge is 2.24. The largest absolute Gasteiger partial charge is 0.456 e. The highest BCUT2D eigenvalue weighted by Crippen LogP contribution is 2.48. The van der Waals surface area contributed by atoms with Gasteiger partial charge >= 0.3 is 0 Å². The highest BCUT2D eigenvalue weighted by atomic mass is 16.3. The van der Waals surface area contributed by atoms with Crippen molar-refractivity contribution in [2.75, 3.05) is 4.90 Å². The van der Waals surface area contributed by atoms with E-state index in [0.717, 1.165) is 83.2 Å². The number of aromatic nitrogens is 1. The molecule has 0 aliphatic rings. The number of hydrogen-bond acceptors (Lipinski definition) is 3. The summed E-state index contributed by atoms with van der Waals surface area (Å²) in [5, 5.41) is 14.4. The van der Waals surface area contributed by atoms with Crippen LogP contribution in [0.25, 0.3) is 115 Å². The van der Waals surface area contributed by atoms with Crippen LogP contribution in [0.2, 0.25) is 0 Å². The van der Waals surface area contributed by atoms with Crippen molar-refractivity contribution < 1.29 is 8.83 Å². The van der Waals surface area contributed by atoms with Crippen LogP contribution in [0.3, 0.4) is 0 Å². The molecule has 3 heterocycles. The maximum atomic E-state index is 6.80. The van der Waals surface area contributed by atoms with Gasteiger partial charge in [-0.25, -0.2) is 0 Å². The SMILES string of the molecule is c1ccc(N(c2ccc(-n3c4ccccc4c4c(-c5ccc6c7ccccc7c7ccccc7c6c5)c5c(cc43)oc3ccccc35)cc2)c2ccc3c(c2)oc2ccccc23)cc1. The molecule has 14 aromatic rings. The maximum Gasteiger partial charge on any atom is 0.138 e. The molecule has 0 N–H and O–H groups in total. The van der Waals surface area contributed by atoms with Crippen LogP contribution in [-0.4, -0.2) is 4.57 Å². The molecule has 0 radical (unpaired) electrons. The molecule has 0 amide bonds. The Labute approximate surface area is 367 Å². The van der Waals surface area contributed by atoms with Gasteiger partial charge in [0.2, 0.25) is 0 Å². The first kappa shape index (κ1) is 35.0. The van der Waals surface area contributed by atoms with Crippen LogP contribution in [0.4, 0.5) is 17.1 Å². The molecule has 298 valence electrons. The van der Waals surface area contributed by atoms with E-state index >= 15 is 0 Å². The lowest BCUT2D eigenvalue weighted by Gasteiger charge is -2.25. The van der Waals surface area contributed by atoms with Crippen molar-refractivity contribution >= 4 is 115 Å². The molecule has 3 aromatic heterocycles. The van der Waals surface area contributed by atoms with Crippen molar-refractivity contribution in [2.45, 2.75) is 0 Å². The molecule has 0 aliphatic carbocycles. The molecule has 0 spiro atoms. The number of rotatable bonds is 5. The molecule has 4 heteroatoms. The average Bonchev–Trinajstić information content (AvgIpc) is 4.03. The van der Waals surface area contributed by atoms with Gasteiger partial charge in [-0.15, -0.1) is 0 Å². The van der Waals surface area contributed by atoms with Crippen LogP contribution >= 0.6 is 0 Å². The molecule has 0 unspecified atom stereocenters. The molecule has 11 aromatic carbocycles. The zero-order valence-electron chi connectivity index (χ0n) is 34.5. The van der Waals surface area contributed by atoms with E-state index in [1.807, 2.05) is 12.1 Å². The zero-order chi connectivity index (χ0) is 41.9. The third-order valence-corrected chi connectivity index (χ3v) is 13.3. The van der Waals surface area contributed by atoms with Gasteiger partial charge in [0.25, 0.3) is 0 Å². The number of fused-ring (bicyclic) bond motifs is 15. The second-order valence-electron chi connectivity index (χ2n) is 16.8. The molecule has 0 atom stereocenters. The predicted molar refractivity (Wildman–Crippen MR) is 268 cm³/mol. The molecular formula is C60H36N2O2. The minimum atomic E-state index is 0.863. The number of anilines is 3. The van der Waals surface area contributed by atoms with Gasteiger partial charge in [-0.1, -0.05) is 133 Å². The van der Waals surface area contributed by atoms with Gasteiger partial charge in [-0.2, -0.15) is 0 Å². The Hall–Kier alpha value is -8.60. The number of hydrogen-bond donors (Lipinski definition) is 0. The summed E-state index contributed by atoms with van der Waals surface area (Å²) in [7, 11) is 0. The Balaban J connectivity index is 1.00. The minimum absolute atomic E-state index is 0.863. The van der Waals surface area contributed by atoms with Crippen LogP contribution in [0.5, 0.6) is 0 Å². The predicted octanol–water partition coefficient (Wildman–Crippen LogP) is 17.2. The molecule has 0 saturated heterocycles. The van der Waals surface area contributed by atoms with Crippen LogP contribution in [0, 0.1) is 0 Å². The second kappa shape index (κ2) is 13.4. The van der Waals surface area contributed by atoms with Gasteiger partial charge in [0.05, 0.1) is 11.0 Å². The van der Waals surface area contributed by atoms with E-state index in [2.05, 4.69) is 216 Å². The fourth-order valence-electron chi connectivity index (χ4n) is 10.6. The van der Waals surface area contributed by atoms with Gasteiger partial charge in [0.1, 0.15) is 22.3 Å². The van der Waals surface area contributed by atoms with Crippen molar-refractivity contribution in [3.05, 3.63) is 218 Å². The first-order valence-electron chi connectivity index (χ1n) is 21.8. The van der Waals surface area contributed by atoms with E-state index in [-0.39, 0.29) is 0 Å². The van der Waals surface area contributed by atoms with Crippen molar-refractivity contribution in [3.8, 4) is 16.8 Å². The van der Waals surface area contributed by atoms with Gasteiger partial charge < -0.3 is 18.3 Å². The molecule has 4 nitrogen and oxygen atoms in total. The van der Waals surface area contributed by atoms with E-state index in [9.17, 15) is 0 Å². The lowest BCUT2D eigenvalue weighted by Crippen LogP contribution is -2.09. The number of furan rings is 2. The fraction of sp³-hybridized carbons (Fsp3) is 0. The van der Waals surface area contributed by atoms with Gasteiger partial charge in [-0.05, 0) is 111 Å². The van der Waals surface area contributed by atoms with E-state index in [4.69, 9.17) is 8.83 Å². The summed E-state index contributed by atoms with van der Waals surface area (Å²) in [5.74, 6) is 0. The van der Waals surface area contributed by atoms with Crippen LogP contribution in [-0.2, 0) is 0 Å². The van der Waals surface area contributed by atoms with E-state index < -0.39 is 0 Å². The fourth-order valence-corrected chi connectivity index (χ4v) is 10.6. The Kier molecular flexibility index (Phi) is 7.36. The Morgan fingerprint density at radius 2 is 0.812 bits per heavy atom. The van der Waals surface area contributed by atoms with Gasteiger partial charge in [0, 0.05) is 72.8 Å². The van der Waals surface area contributed by atoms with Crippen molar-refractivity contribution in [1.29, 1.82) is 0 Å². The summed E-state index contributed by atoms with van der Waals surface area (Å²) >= 11 is 0.